The molecule has 0 aliphatic rings. The van der Waals surface area contributed by atoms with Crippen LogP contribution in [-0.4, -0.2) is 37.2 Å². The molecule has 0 bridgehead atoms. The van der Waals surface area contributed by atoms with Gasteiger partial charge in [0.15, 0.2) is 6.10 Å². The average molecular weight is 952 g/mol. The molecule has 6 heteroatoms. The number of allylic oxidation sites excluding steroid dienone is 10. The summed E-state index contributed by atoms with van der Waals surface area (Å²) in [5.74, 6) is -0.884. The fourth-order valence-electron chi connectivity index (χ4n) is 8.36. The van der Waals surface area contributed by atoms with Crippen LogP contribution < -0.4 is 0 Å². The minimum absolute atomic E-state index is 0.0735. The van der Waals surface area contributed by atoms with Crippen molar-refractivity contribution in [1.29, 1.82) is 0 Å². The summed E-state index contributed by atoms with van der Waals surface area (Å²) in [7, 11) is 0. The van der Waals surface area contributed by atoms with Crippen LogP contribution in [0.25, 0.3) is 0 Å². The third-order valence-electron chi connectivity index (χ3n) is 12.8. The molecule has 0 radical (unpaired) electrons. The van der Waals surface area contributed by atoms with Crippen molar-refractivity contribution in [2.75, 3.05) is 13.2 Å². The first-order chi connectivity index (χ1) is 33.5. The summed E-state index contributed by atoms with van der Waals surface area (Å²) in [6, 6.07) is 0. The van der Waals surface area contributed by atoms with Crippen molar-refractivity contribution in [3.05, 3.63) is 60.8 Å². The summed E-state index contributed by atoms with van der Waals surface area (Å²) >= 11 is 0. The van der Waals surface area contributed by atoms with Crippen LogP contribution in [0.3, 0.4) is 0 Å². The molecule has 0 saturated carbocycles. The third-order valence-corrected chi connectivity index (χ3v) is 12.8. The molecule has 1 atom stereocenters. The van der Waals surface area contributed by atoms with Gasteiger partial charge in [0, 0.05) is 19.3 Å². The monoisotopic (exact) mass is 951 g/mol. The molecule has 1 unspecified atom stereocenters. The van der Waals surface area contributed by atoms with Crippen LogP contribution in [0.4, 0.5) is 0 Å². The van der Waals surface area contributed by atoms with E-state index in [1.165, 1.54) is 161 Å². The van der Waals surface area contributed by atoms with E-state index >= 15 is 0 Å². The first-order valence-corrected chi connectivity index (χ1v) is 29.3. The Morgan fingerprint density at radius 1 is 0.309 bits per heavy atom. The average Bonchev–Trinajstić information content (AvgIpc) is 3.34. The smallest absolute Gasteiger partial charge is 0.306 e. The zero-order chi connectivity index (χ0) is 49.3. The molecular weight excluding hydrogens is 841 g/mol. The van der Waals surface area contributed by atoms with E-state index in [2.05, 4.69) is 81.5 Å². The summed E-state index contributed by atoms with van der Waals surface area (Å²) in [5.41, 5.74) is 0. The van der Waals surface area contributed by atoms with Gasteiger partial charge >= 0.3 is 17.9 Å². The van der Waals surface area contributed by atoms with Gasteiger partial charge in [-0.1, -0.05) is 261 Å². The molecule has 0 aromatic heterocycles. The second kappa shape index (κ2) is 56.7. The van der Waals surface area contributed by atoms with Crippen LogP contribution >= 0.6 is 0 Å². The second-order valence-electron chi connectivity index (χ2n) is 19.5. The number of esters is 3. The Labute approximate surface area is 421 Å². The summed E-state index contributed by atoms with van der Waals surface area (Å²) in [4.78, 5) is 37.7. The molecule has 6 nitrogen and oxygen atoms in total. The molecule has 0 spiro atoms. The summed E-state index contributed by atoms with van der Waals surface area (Å²) in [5, 5.41) is 0. The first kappa shape index (κ1) is 65.1. The van der Waals surface area contributed by atoms with Gasteiger partial charge in [-0.25, -0.2) is 0 Å². The van der Waals surface area contributed by atoms with Gasteiger partial charge in [-0.15, -0.1) is 0 Å². The Bertz CT molecular complexity index is 1230. The highest BCUT2D eigenvalue weighted by Gasteiger charge is 2.19. The zero-order valence-corrected chi connectivity index (χ0v) is 45.1. The van der Waals surface area contributed by atoms with Crippen molar-refractivity contribution in [3.8, 4) is 0 Å². The van der Waals surface area contributed by atoms with Crippen LogP contribution in [0, 0.1) is 0 Å². The van der Waals surface area contributed by atoms with Gasteiger partial charge in [0.1, 0.15) is 13.2 Å². The van der Waals surface area contributed by atoms with Crippen LogP contribution in [0.1, 0.15) is 297 Å². The van der Waals surface area contributed by atoms with E-state index in [-0.39, 0.29) is 31.1 Å². The van der Waals surface area contributed by atoms with Gasteiger partial charge in [0.2, 0.25) is 0 Å². The number of unbranched alkanes of at least 4 members (excludes halogenated alkanes) is 32. The molecule has 0 N–H and O–H groups in total. The largest absolute Gasteiger partial charge is 0.462 e. The number of rotatable bonds is 53. The molecule has 68 heavy (non-hydrogen) atoms. The van der Waals surface area contributed by atoms with Crippen molar-refractivity contribution in [2.24, 2.45) is 0 Å². The molecule has 0 aliphatic heterocycles. The maximum absolute atomic E-state index is 12.7. The van der Waals surface area contributed by atoms with Gasteiger partial charge in [0.05, 0.1) is 0 Å². The van der Waals surface area contributed by atoms with E-state index < -0.39 is 6.10 Å². The molecule has 394 valence electrons. The summed E-state index contributed by atoms with van der Waals surface area (Å²) in [6.45, 7) is 6.44. The Kier molecular flexibility index (Phi) is 54.3. The van der Waals surface area contributed by atoms with Crippen LogP contribution in [-0.2, 0) is 28.6 Å². The number of carbonyl (C=O) groups excluding carboxylic acids is 3. The Balaban J connectivity index is 3.89. The lowest BCUT2D eigenvalue weighted by Gasteiger charge is -2.18. The van der Waals surface area contributed by atoms with Crippen LogP contribution in [0.2, 0.25) is 0 Å². The van der Waals surface area contributed by atoms with Gasteiger partial charge in [-0.3, -0.25) is 14.4 Å². The summed E-state index contributed by atoms with van der Waals surface area (Å²) in [6.07, 6.45) is 71.3. The lowest BCUT2D eigenvalue weighted by Crippen LogP contribution is -2.30. The van der Waals surface area contributed by atoms with E-state index in [1.54, 1.807) is 0 Å². The molecule has 0 saturated heterocycles. The predicted molar refractivity (Wildman–Crippen MR) is 293 cm³/mol. The lowest BCUT2D eigenvalue weighted by molar-refractivity contribution is -0.167. The quantitative estimate of drug-likeness (QED) is 0.0262. The predicted octanol–water partition coefficient (Wildman–Crippen LogP) is 19.6. The van der Waals surface area contributed by atoms with Gasteiger partial charge < -0.3 is 14.2 Å². The number of hydrogen-bond donors (Lipinski definition) is 0. The van der Waals surface area contributed by atoms with Gasteiger partial charge in [0.25, 0.3) is 0 Å². The van der Waals surface area contributed by atoms with Crippen molar-refractivity contribution < 1.29 is 28.6 Å². The van der Waals surface area contributed by atoms with E-state index in [4.69, 9.17) is 14.2 Å². The Morgan fingerprint density at radius 3 is 0.956 bits per heavy atom. The fraction of sp³-hybridized carbons (Fsp3) is 0.790. The van der Waals surface area contributed by atoms with Crippen molar-refractivity contribution in [1.82, 2.24) is 0 Å². The Hall–Kier alpha value is -2.89. The molecule has 0 amide bonds. The highest BCUT2D eigenvalue weighted by molar-refractivity contribution is 5.71. The van der Waals surface area contributed by atoms with E-state index in [9.17, 15) is 14.4 Å². The minimum Gasteiger partial charge on any atom is -0.462 e. The van der Waals surface area contributed by atoms with Crippen molar-refractivity contribution in [2.45, 2.75) is 303 Å². The van der Waals surface area contributed by atoms with E-state index in [0.717, 1.165) is 96.3 Å². The second-order valence-corrected chi connectivity index (χ2v) is 19.5. The third kappa shape index (κ3) is 54.1. The maximum Gasteiger partial charge on any atom is 0.306 e. The molecular formula is C62H110O6. The standard InChI is InChI=1S/C62H110O6/c1-4-7-10-13-16-18-20-21-22-23-24-25-26-27-28-29-30-31-32-33-34-35-36-37-38-39-40-41-43-44-46-49-52-55-61(64)67-58-59(57-66-60(63)54-51-48-15-12-9-6-3)68-62(65)56-53-50-47-45-42-19-17-14-11-8-5-2/h7,10,14,16-18,21-22,24-25,59H,4-6,8-9,11-13,15,19-20,23,26-58H2,1-3H3/b10-7-,17-14-,18-16-,22-21-,25-24-. The molecule has 0 heterocycles. The number of carbonyl (C=O) groups is 3. The fourth-order valence-corrected chi connectivity index (χ4v) is 8.36. The van der Waals surface area contributed by atoms with Gasteiger partial charge in [-0.05, 0) is 77.0 Å². The van der Waals surface area contributed by atoms with E-state index in [0.29, 0.717) is 19.3 Å². The highest BCUT2D eigenvalue weighted by atomic mass is 16.6. The normalized spacial score (nSPS) is 12.5. The number of ether oxygens (including phenoxy) is 3. The molecule has 0 aliphatic carbocycles. The molecule has 0 aromatic rings. The first-order valence-electron chi connectivity index (χ1n) is 29.3. The Morgan fingerprint density at radius 2 is 0.588 bits per heavy atom. The molecule has 0 fully saturated rings. The molecule has 0 rings (SSSR count). The van der Waals surface area contributed by atoms with E-state index in [1.807, 2.05) is 0 Å². The zero-order valence-electron chi connectivity index (χ0n) is 45.1. The van der Waals surface area contributed by atoms with Crippen LogP contribution in [0.5, 0.6) is 0 Å². The van der Waals surface area contributed by atoms with Crippen molar-refractivity contribution >= 4 is 17.9 Å². The minimum atomic E-state index is -0.770. The SMILES string of the molecule is CC/C=C\C/C=C\C/C=C\C/C=C\CCCCCCCCCCCCCCCCCCCCCCC(=O)OCC(COC(=O)CCCCCCCC)OC(=O)CCCCCCC/C=C\CCCC. The molecule has 0 aromatic carbocycles. The number of hydrogen-bond acceptors (Lipinski definition) is 6. The maximum atomic E-state index is 12.7. The topological polar surface area (TPSA) is 78.9 Å². The van der Waals surface area contributed by atoms with Gasteiger partial charge in [-0.2, -0.15) is 0 Å². The summed E-state index contributed by atoms with van der Waals surface area (Å²) < 4.78 is 16.7. The van der Waals surface area contributed by atoms with Crippen LogP contribution in [0.15, 0.2) is 60.8 Å². The highest BCUT2D eigenvalue weighted by Crippen LogP contribution is 2.17. The van der Waals surface area contributed by atoms with Crippen molar-refractivity contribution in [3.63, 3.8) is 0 Å². The lowest BCUT2D eigenvalue weighted by atomic mass is 10.0.